The van der Waals surface area contributed by atoms with Crippen molar-refractivity contribution in [3.63, 3.8) is 0 Å². The first-order valence-corrected chi connectivity index (χ1v) is 5.95. The van der Waals surface area contributed by atoms with Crippen LogP contribution in [0.3, 0.4) is 0 Å². The average molecular weight is 213 g/mol. The van der Waals surface area contributed by atoms with Gasteiger partial charge in [0.05, 0.1) is 5.92 Å². The van der Waals surface area contributed by atoms with Crippen molar-refractivity contribution in [2.75, 3.05) is 6.54 Å². The maximum atomic E-state index is 10.7. The van der Waals surface area contributed by atoms with Crippen LogP contribution >= 0.6 is 0 Å². The molecule has 0 bridgehead atoms. The Morgan fingerprint density at radius 1 is 1.33 bits per heavy atom. The summed E-state index contributed by atoms with van der Waals surface area (Å²) in [4.78, 5) is 10.7. The molecule has 1 aliphatic carbocycles. The van der Waals surface area contributed by atoms with Gasteiger partial charge in [0.2, 0.25) is 0 Å². The molecule has 1 fully saturated rings. The van der Waals surface area contributed by atoms with Crippen LogP contribution in [0.1, 0.15) is 40.0 Å². The minimum Gasteiger partial charge on any atom is -0.481 e. The Morgan fingerprint density at radius 2 is 1.87 bits per heavy atom. The molecule has 2 N–H and O–H groups in total. The zero-order chi connectivity index (χ0) is 11.4. The highest BCUT2D eigenvalue weighted by Crippen LogP contribution is 2.28. The van der Waals surface area contributed by atoms with Crippen molar-refractivity contribution in [1.82, 2.24) is 5.32 Å². The molecule has 0 radical (unpaired) electrons. The van der Waals surface area contributed by atoms with Crippen LogP contribution in [-0.4, -0.2) is 23.7 Å². The zero-order valence-electron chi connectivity index (χ0n) is 9.99. The Hall–Kier alpha value is -0.570. The van der Waals surface area contributed by atoms with Crippen molar-refractivity contribution in [2.24, 2.45) is 17.8 Å². The molecule has 1 saturated carbocycles. The number of aliphatic carboxylic acids is 1. The Labute approximate surface area is 92.3 Å². The van der Waals surface area contributed by atoms with Crippen molar-refractivity contribution in [1.29, 1.82) is 0 Å². The molecule has 0 aromatic carbocycles. The summed E-state index contributed by atoms with van der Waals surface area (Å²) >= 11 is 0. The van der Waals surface area contributed by atoms with Crippen molar-refractivity contribution >= 4 is 5.97 Å². The monoisotopic (exact) mass is 213 g/mol. The van der Waals surface area contributed by atoms with Crippen LogP contribution in [0.25, 0.3) is 0 Å². The minimum atomic E-state index is -0.709. The van der Waals surface area contributed by atoms with E-state index in [1.54, 1.807) is 6.92 Å². The molecule has 1 rings (SSSR count). The first-order chi connectivity index (χ1) is 6.99. The zero-order valence-corrected chi connectivity index (χ0v) is 9.99. The molecule has 3 unspecified atom stereocenters. The minimum absolute atomic E-state index is 0.280. The van der Waals surface area contributed by atoms with Crippen LogP contribution in [0.2, 0.25) is 0 Å². The van der Waals surface area contributed by atoms with E-state index in [-0.39, 0.29) is 5.92 Å². The summed E-state index contributed by atoms with van der Waals surface area (Å²) in [6, 6.07) is 0.519. The molecule has 0 heterocycles. The van der Waals surface area contributed by atoms with Gasteiger partial charge in [-0.2, -0.15) is 0 Å². The van der Waals surface area contributed by atoms with Gasteiger partial charge in [0.1, 0.15) is 0 Å². The van der Waals surface area contributed by atoms with Crippen LogP contribution in [0.15, 0.2) is 0 Å². The second-order valence-corrected chi connectivity index (χ2v) is 5.26. The smallest absolute Gasteiger partial charge is 0.307 e. The van der Waals surface area contributed by atoms with Crippen molar-refractivity contribution in [3.8, 4) is 0 Å². The number of carboxylic acid groups (broad SMARTS) is 1. The number of carboxylic acids is 1. The van der Waals surface area contributed by atoms with Gasteiger partial charge in [-0.15, -0.1) is 0 Å². The number of rotatable bonds is 4. The Kier molecular flexibility index (Phi) is 4.58. The SMILES string of the molecule is CC1CC(C)CC(NCC(C)C(=O)O)C1. The normalized spacial score (nSPS) is 33.7. The van der Waals surface area contributed by atoms with Crippen LogP contribution in [0.4, 0.5) is 0 Å². The fraction of sp³-hybridized carbons (Fsp3) is 0.917. The molecule has 3 heteroatoms. The van der Waals surface area contributed by atoms with Crippen LogP contribution < -0.4 is 5.32 Å². The van der Waals surface area contributed by atoms with E-state index in [0.29, 0.717) is 12.6 Å². The highest BCUT2D eigenvalue weighted by Gasteiger charge is 2.24. The summed E-state index contributed by atoms with van der Waals surface area (Å²) in [6.07, 6.45) is 3.69. The van der Waals surface area contributed by atoms with E-state index in [4.69, 9.17) is 5.11 Å². The third kappa shape index (κ3) is 4.20. The summed E-state index contributed by atoms with van der Waals surface area (Å²) in [5, 5.41) is 12.2. The Bertz CT molecular complexity index is 208. The summed E-state index contributed by atoms with van der Waals surface area (Å²) in [5.74, 6) is 0.551. The van der Waals surface area contributed by atoms with Gasteiger partial charge in [-0.3, -0.25) is 4.79 Å². The molecule has 88 valence electrons. The third-order valence-electron chi connectivity index (χ3n) is 3.31. The molecule has 3 nitrogen and oxygen atoms in total. The van der Waals surface area contributed by atoms with E-state index >= 15 is 0 Å². The molecular weight excluding hydrogens is 190 g/mol. The molecule has 0 aliphatic heterocycles. The van der Waals surface area contributed by atoms with Crippen LogP contribution in [-0.2, 0) is 4.79 Å². The van der Waals surface area contributed by atoms with E-state index < -0.39 is 5.97 Å². The Morgan fingerprint density at radius 3 is 2.33 bits per heavy atom. The van der Waals surface area contributed by atoms with Crippen molar-refractivity contribution in [2.45, 2.75) is 46.1 Å². The fourth-order valence-electron chi connectivity index (χ4n) is 2.54. The number of hydrogen-bond donors (Lipinski definition) is 2. The highest BCUT2D eigenvalue weighted by molar-refractivity contribution is 5.69. The maximum absolute atomic E-state index is 10.7. The molecule has 0 amide bonds. The summed E-state index contributed by atoms with van der Waals surface area (Å²) in [6.45, 7) is 6.92. The van der Waals surface area contributed by atoms with Crippen molar-refractivity contribution in [3.05, 3.63) is 0 Å². The van der Waals surface area contributed by atoms with Crippen molar-refractivity contribution < 1.29 is 9.90 Å². The lowest BCUT2D eigenvalue weighted by atomic mass is 9.80. The summed E-state index contributed by atoms with van der Waals surface area (Å²) in [5.41, 5.74) is 0. The summed E-state index contributed by atoms with van der Waals surface area (Å²) < 4.78 is 0. The van der Waals surface area contributed by atoms with Crippen LogP contribution in [0, 0.1) is 17.8 Å². The summed E-state index contributed by atoms with van der Waals surface area (Å²) in [7, 11) is 0. The third-order valence-corrected chi connectivity index (χ3v) is 3.31. The molecule has 3 atom stereocenters. The van der Waals surface area contributed by atoms with Gasteiger partial charge in [-0.25, -0.2) is 0 Å². The van der Waals surface area contributed by atoms with Gasteiger partial charge in [0, 0.05) is 12.6 Å². The molecular formula is C12H23NO2. The van der Waals surface area contributed by atoms with E-state index in [9.17, 15) is 4.79 Å². The second-order valence-electron chi connectivity index (χ2n) is 5.26. The van der Waals surface area contributed by atoms with E-state index in [0.717, 1.165) is 11.8 Å². The largest absolute Gasteiger partial charge is 0.481 e. The van der Waals surface area contributed by atoms with Gasteiger partial charge in [0.25, 0.3) is 0 Å². The highest BCUT2D eigenvalue weighted by atomic mass is 16.4. The number of carbonyl (C=O) groups is 1. The lowest BCUT2D eigenvalue weighted by Gasteiger charge is -2.32. The topological polar surface area (TPSA) is 49.3 Å². The molecule has 0 aromatic rings. The van der Waals surface area contributed by atoms with Gasteiger partial charge < -0.3 is 10.4 Å². The predicted octanol–water partition coefficient (Wildman–Crippen LogP) is 2.12. The molecule has 1 aliphatic rings. The lowest BCUT2D eigenvalue weighted by molar-refractivity contribution is -0.141. The molecule has 0 spiro atoms. The maximum Gasteiger partial charge on any atom is 0.307 e. The van der Waals surface area contributed by atoms with Gasteiger partial charge in [-0.1, -0.05) is 20.8 Å². The predicted molar refractivity (Wildman–Crippen MR) is 60.8 cm³/mol. The molecule has 0 saturated heterocycles. The van der Waals surface area contributed by atoms with E-state index in [1.807, 2.05) is 0 Å². The Balaban J connectivity index is 2.29. The van der Waals surface area contributed by atoms with Crippen LogP contribution in [0.5, 0.6) is 0 Å². The molecule has 0 aromatic heterocycles. The first-order valence-electron chi connectivity index (χ1n) is 5.95. The second kappa shape index (κ2) is 5.50. The quantitative estimate of drug-likeness (QED) is 0.752. The fourth-order valence-corrected chi connectivity index (χ4v) is 2.54. The van der Waals surface area contributed by atoms with Gasteiger partial charge >= 0.3 is 5.97 Å². The van der Waals surface area contributed by atoms with Gasteiger partial charge in [-0.05, 0) is 31.1 Å². The lowest BCUT2D eigenvalue weighted by Crippen LogP contribution is -2.39. The van der Waals surface area contributed by atoms with Gasteiger partial charge in [0.15, 0.2) is 0 Å². The molecule has 15 heavy (non-hydrogen) atoms. The number of hydrogen-bond acceptors (Lipinski definition) is 2. The van der Waals surface area contributed by atoms with E-state index in [2.05, 4.69) is 19.2 Å². The first kappa shape index (κ1) is 12.5. The average Bonchev–Trinajstić information content (AvgIpc) is 2.12. The number of nitrogens with one attached hydrogen (secondary N) is 1. The standard InChI is InChI=1S/C12H23NO2/c1-8-4-9(2)6-11(5-8)13-7-10(3)12(14)15/h8-11,13H,4-7H2,1-3H3,(H,14,15). The van der Waals surface area contributed by atoms with E-state index in [1.165, 1.54) is 19.3 Å².